The summed E-state index contributed by atoms with van der Waals surface area (Å²) < 4.78 is 1.63. The summed E-state index contributed by atoms with van der Waals surface area (Å²) in [5.41, 5.74) is 0. The summed E-state index contributed by atoms with van der Waals surface area (Å²) in [7, 11) is -0.484. The van der Waals surface area contributed by atoms with Gasteiger partial charge in [-0.05, 0) is 0 Å². The molecule has 116 valence electrons. The average molecular weight is 379 g/mol. The number of hydrogen-bond donors (Lipinski definition) is 0. The zero-order valence-corrected chi connectivity index (χ0v) is 17.0. The molecule has 3 aromatic rings. The first kappa shape index (κ1) is 16.5. The fourth-order valence-corrected chi connectivity index (χ4v) is 10.7. The van der Waals surface area contributed by atoms with Crippen molar-refractivity contribution in [2.24, 2.45) is 0 Å². The van der Waals surface area contributed by atoms with E-state index in [1.54, 1.807) is 9.70 Å². The molecule has 0 radical (unpaired) electrons. The van der Waals surface area contributed by atoms with Crippen LogP contribution < -0.4 is 20.3 Å². The van der Waals surface area contributed by atoms with E-state index in [0.717, 1.165) is 0 Å². The molecule has 0 aliphatic carbocycles. The van der Waals surface area contributed by atoms with E-state index in [9.17, 15) is 0 Å². The van der Waals surface area contributed by atoms with Crippen molar-refractivity contribution in [3.8, 4) is 0 Å². The topological polar surface area (TPSA) is 0 Å². The summed E-state index contributed by atoms with van der Waals surface area (Å²) >= 11 is -1.93. The molecule has 0 N–H and O–H groups in total. The van der Waals surface area contributed by atoms with E-state index in [-0.39, 0.29) is 0 Å². The van der Waals surface area contributed by atoms with Gasteiger partial charge >= 0.3 is 144 Å². The van der Waals surface area contributed by atoms with Gasteiger partial charge in [0.05, 0.1) is 0 Å². The predicted octanol–water partition coefficient (Wildman–Crippen LogP) is 3.99. The SMILES string of the molecule is [CH3][Ge]([CH3])([CH3])[c]1ccccc1P(c1ccccc1)c1ccccc1. The van der Waals surface area contributed by atoms with Crippen LogP contribution in [0.2, 0.25) is 17.3 Å². The first-order valence-electron chi connectivity index (χ1n) is 8.07. The third kappa shape index (κ3) is 3.76. The Bertz CT molecular complexity index is 721. The van der Waals surface area contributed by atoms with Crippen molar-refractivity contribution in [2.75, 3.05) is 0 Å². The Morgan fingerprint density at radius 2 is 1.00 bits per heavy atom. The first-order chi connectivity index (χ1) is 11.1. The van der Waals surface area contributed by atoms with Crippen molar-refractivity contribution in [1.82, 2.24) is 0 Å². The Labute approximate surface area is 143 Å². The zero-order chi connectivity index (χ0) is 16.3. The van der Waals surface area contributed by atoms with E-state index in [1.807, 2.05) is 0 Å². The van der Waals surface area contributed by atoms with Gasteiger partial charge in [0.15, 0.2) is 0 Å². The van der Waals surface area contributed by atoms with Crippen LogP contribution in [0.3, 0.4) is 0 Å². The molecule has 0 saturated carbocycles. The van der Waals surface area contributed by atoms with Crippen LogP contribution in [0.1, 0.15) is 0 Å². The van der Waals surface area contributed by atoms with E-state index in [0.29, 0.717) is 0 Å². The Hall–Kier alpha value is -1.37. The molecule has 0 unspecified atom stereocenters. The first-order valence-corrected chi connectivity index (χ1v) is 16.8. The fraction of sp³-hybridized carbons (Fsp3) is 0.143. The van der Waals surface area contributed by atoms with Crippen molar-refractivity contribution < 1.29 is 0 Å². The van der Waals surface area contributed by atoms with Crippen molar-refractivity contribution in [3.05, 3.63) is 84.9 Å². The third-order valence-corrected chi connectivity index (χ3v) is 11.2. The molecule has 0 heterocycles. The molecule has 23 heavy (non-hydrogen) atoms. The van der Waals surface area contributed by atoms with E-state index < -0.39 is 21.2 Å². The molecular weight excluding hydrogens is 356 g/mol. The average Bonchev–Trinajstić information content (AvgIpc) is 2.57. The van der Waals surface area contributed by atoms with Crippen molar-refractivity contribution in [1.29, 1.82) is 0 Å². The second-order valence-corrected chi connectivity index (χ2v) is 19.5. The summed E-state index contributed by atoms with van der Waals surface area (Å²) in [5.74, 6) is 7.47. The Morgan fingerprint density at radius 1 is 0.565 bits per heavy atom. The second kappa shape index (κ2) is 7.03. The van der Waals surface area contributed by atoms with Crippen LogP contribution in [0.5, 0.6) is 0 Å². The van der Waals surface area contributed by atoms with E-state index in [1.165, 1.54) is 10.6 Å². The van der Waals surface area contributed by atoms with Gasteiger partial charge in [0.2, 0.25) is 0 Å². The Kier molecular flexibility index (Phi) is 5.04. The van der Waals surface area contributed by atoms with E-state index in [2.05, 4.69) is 102 Å². The Balaban J connectivity index is 2.22. The molecule has 0 nitrogen and oxygen atoms in total. The molecule has 3 aromatic carbocycles. The van der Waals surface area contributed by atoms with Crippen molar-refractivity contribution in [3.63, 3.8) is 0 Å². The van der Waals surface area contributed by atoms with Gasteiger partial charge in [-0.3, -0.25) is 0 Å². The second-order valence-electron chi connectivity index (χ2n) is 6.77. The van der Waals surface area contributed by atoms with Gasteiger partial charge in [-0.1, -0.05) is 0 Å². The monoisotopic (exact) mass is 380 g/mol. The normalized spacial score (nSPS) is 11.7. The molecular formula is C21H23GeP. The summed E-state index contributed by atoms with van der Waals surface area (Å²) in [5, 5.41) is 4.42. The van der Waals surface area contributed by atoms with Crippen LogP contribution in [-0.4, -0.2) is 13.3 Å². The molecule has 0 atom stereocenters. The molecule has 0 aliphatic rings. The van der Waals surface area contributed by atoms with E-state index >= 15 is 0 Å². The summed E-state index contributed by atoms with van der Waals surface area (Å²) in [6.45, 7) is 0. The van der Waals surface area contributed by atoms with Gasteiger partial charge in [-0.15, -0.1) is 0 Å². The molecule has 0 spiro atoms. The maximum atomic E-state index is 2.49. The van der Waals surface area contributed by atoms with Gasteiger partial charge < -0.3 is 0 Å². The zero-order valence-electron chi connectivity index (χ0n) is 14.0. The number of hydrogen-bond acceptors (Lipinski definition) is 0. The Morgan fingerprint density at radius 3 is 1.48 bits per heavy atom. The molecule has 3 rings (SSSR count). The molecule has 0 aromatic heterocycles. The van der Waals surface area contributed by atoms with Gasteiger partial charge in [0, 0.05) is 0 Å². The van der Waals surface area contributed by atoms with Gasteiger partial charge in [0.1, 0.15) is 0 Å². The molecule has 0 fully saturated rings. The third-order valence-electron chi connectivity index (χ3n) is 3.98. The van der Waals surface area contributed by atoms with Gasteiger partial charge in [0.25, 0.3) is 0 Å². The van der Waals surface area contributed by atoms with Crippen LogP contribution in [0.4, 0.5) is 0 Å². The molecule has 0 bridgehead atoms. The van der Waals surface area contributed by atoms with Crippen molar-refractivity contribution >= 4 is 41.5 Å². The van der Waals surface area contributed by atoms with Crippen LogP contribution in [-0.2, 0) is 0 Å². The maximum absolute atomic E-state index is 2.49. The molecule has 2 heteroatoms. The predicted molar refractivity (Wildman–Crippen MR) is 108 cm³/mol. The van der Waals surface area contributed by atoms with Crippen molar-refractivity contribution in [2.45, 2.75) is 17.3 Å². The quantitative estimate of drug-likeness (QED) is 0.475. The molecule has 0 amide bonds. The minimum absolute atomic E-state index is 0.484. The number of benzene rings is 3. The fourth-order valence-electron chi connectivity index (χ4n) is 2.88. The summed E-state index contributed by atoms with van der Waals surface area (Å²) in [6, 6.07) is 31.1. The van der Waals surface area contributed by atoms with Crippen LogP contribution >= 0.6 is 7.92 Å². The molecule has 0 saturated heterocycles. The van der Waals surface area contributed by atoms with Gasteiger partial charge in [-0.2, -0.15) is 0 Å². The van der Waals surface area contributed by atoms with E-state index in [4.69, 9.17) is 0 Å². The molecule has 0 aliphatic heterocycles. The van der Waals surface area contributed by atoms with Crippen LogP contribution in [0, 0.1) is 0 Å². The van der Waals surface area contributed by atoms with Crippen LogP contribution in [0.15, 0.2) is 84.9 Å². The minimum atomic E-state index is -1.93. The summed E-state index contributed by atoms with van der Waals surface area (Å²) in [6.07, 6.45) is 0. The summed E-state index contributed by atoms with van der Waals surface area (Å²) in [4.78, 5) is 0. The van der Waals surface area contributed by atoms with Crippen LogP contribution in [0.25, 0.3) is 0 Å². The number of rotatable bonds is 4. The standard InChI is InChI=1S/C21H23GeP/c1-22(2,3)20-16-10-11-17-21(20)23(18-12-6-4-7-13-18)19-14-8-5-9-15-19/h4-17H,1-3H3. The van der Waals surface area contributed by atoms with Gasteiger partial charge in [-0.25, -0.2) is 0 Å².